The van der Waals surface area contributed by atoms with Gasteiger partial charge in [0.05, 0.1) is 0 Å². The average Bonchev–Trinajstić information content (AvgIpc) is 2.78. The number of anilines is 1. The zero-order valence-corrected chi connectivity index (χ0v) is 8.30. The van der Waals surface area contributed by atoms with Crippen molar-refractivity contribution in [3.05, 3.63) is 18.6 Å². The molecule has 1 N–H and O–H groups in total. The summed E-state index contributed by atoms with van der Waals surface area (Å²) in [5.74, 6) is 1.78. The Hall–Kier alpha value is -1.69. The summed E-state index contributed by atoms with van der Waals surface area (Å²) < 4.78 is 1.92. The molecule has 1 saturated heterocycles. The highest BCUT2D eigenvalue weighted by atomic mass is 15.3. The molecule has 0 aromatic carbocycles. The van der Waals surface area contributed by atoms with Crippen molar-refractivity contribution in [1.82, 2.24) is 24.9 Å². The van der Waals surface area contributed by atoms with Crippen LogP contribution in [-0.2, 0) is 0 Å². The van der Waals surface area contributed by atoms with Crippen LogP contribution in [0.4, 0.5) is 5.82 Å². The van der Waals surface area contributed by atoms with Gasteiger partial charge in [-0.2, -0.15) is 0 Å². The van der Waals surface area contributed by atoms with Crippen LogP contribution < -0.4 is 10.2 Å². The maximum Gasteiger partial charge on any atom is 0.256 e. The predicted octanol–water partition coefficient (Wildman–Crippen LogP) is -0.466. The minimum absolute atomic E-state index is 0.658. The highest BCUT2D eigenvalue weighted by molar-refractivity contribution is 5.46. The van der Waals surface area contributed by atoms with E-state index in [0.717, 1.165) is 32.0 Å². The fraction of sp³-hybridized carbons (Fsp3) is 0.444. The standard InChI is InChI=1S/C9H12N6/c1-2-11-9-13-12-7-15(9)8(1)14-5-3-10-4-6-14/h1-2,7,10H,3-6H2. The second-order valence-electron chi connectivity index (χ2n) is 3.54. The lowest BCUT2D eigenvalue weighted by Crippen LogP contribution is -2.44. The summed E-state index contributed by atoms with van der Waals surface area (Å²) in [7, 11) is 0. The van der Waals surface area contributed by atoms with Crippen LogP contribution in [-0.4, -0.2) is 45.8 Å². The third-order valence-electron chi connectivity index (χ3n) is 2.63. The molecular weight excluding hydrogens is 192 g/mol. The van der Waals surface area contributed by atoms with Crippen molar-refractivity contribution in [1.29, 1.82) is 0 Å². The molecule has 3 rings (SSSR count). The molecule has 2 aromatic rings. The van der Waals surface area contributed by atoms with Crippen LogP contribution in [0.5, 0.6) is 0 Å². The molecule has 6 nitrogen and oxygen atoms in total. The Morgan fingerprint density at radius 1 is 1.27 bits per heavy atom. The quantitative estimate of drug-likeness (QED) is 0.680. The average molecular weight is 204 g/mol. The van der Waals surface area contributed by atoms with E-state index in [1.54, 1.807) is 12.5 Å². The van der Waals surface area contributed by atoms with Crippen LogP contribution >= 0.6 is 0 Å². The minimum atomic E-state index is 0.658. The lowest BCUT2D eigenvalue weighted by molar-refractivity contribution is 0.583. The Kier molecular flexibility index (Phi) is 1.99. The third kappa shape index (κ3) is 1.42. The van der Waals surface area contributed by atoms with Gasteiger partial charge in [0, 0.05) is 32.4 Å². The second-order valence-corrected chi connectivity index (χ2v) is 3.54. The van der Waals surface area contributed by atoms with Crippen LogP contribution in [0, 0.1) is 0 Å². The number of rotatable bonds is 1. The van der Waals surface area contributed by atoms with Crippen molar-refractivity contribution in [2.75, 3.05) is 31.1 Å². The van der Waals surface area contributed by atoms with Crippen LogP contribution in [0.15, 0.2) is 18.6 Å². The summed E-state index contributed by atoms with van der Waals surface area (Å²) >= 11 is 0. The molecule has 6 heteroatoms. The molecule has 0 unspecified atom stereocenters. The van der Waals surface area contributed by atoms with Gasteiger partial charge in [-0.15, -0.1) is 10.2 Å². The fourth-order valence-electron chi connectivity index (χ4n) is 1.88. The first-order valence-electron chi connectivity index (χ1n) is 5.05. The molecular formula is C9H12N6. The summed E-state index contributed by atoms with van der Waals surface area (Å²) in [6.07, 6.45) is 3.49. The maximum absolute atomic E-state index is 4.14. The van der Waals surface area contributed by atoms with Gasteiger partial charge in [-0.25, -0.2) is 4.98 Å². The lowest BCUT2D eigenvalue weighted by atomic mass is 10.3. The van der Waals surface area contributed by atoms with Crippen molar-refractivity contribution in [3.63, 3.8) is 0 Å². The van der Waals surface area contributed by atoms with Crippen molar-refractivity contribution in [2.45, 2.75) is 0 Å². The zero-order chi connectivity index (χ0) is 10.1. The Bertz CT molecular complexity index is 458. The third-order valence-corrected chi connectivity index (χ3v) is 2.63. The Balaban J connectivity index is 2.05. The number of aromatic nitrogens is 4. The Morgan fingerprint density at radius 3 is 3.00 bits per heavy atom. The van der Waals surface area contributed by atoms with Gasteiger partial charge < -0.3 is 10.2 Å². The van der Waals surface area contributed by atoms with Gasteiger partial charge >= 0.3 is 0 Å². The number of nitrogens with zero attached hydrogens (tertiary/aromatic N) is 5. The van der Waals surface area contributed by atoms with E-state index < -0.39 is 0 Å². The van der Waals surface area contributed by atoms with Gasteiger partial charge in [0.1, 0.15) is 12.1 Å². The number of nitrogens with one attached hydrogen (secondary N) is 1. The van der Waals surface area contributed by atoms with Gasteiger partial charge in [0.25, 0.3) is 5.78 Å². The van der Waals surface area contributed by atoms with Crippen LogP contribution in [0.25, 0.3) is 5.78 Å². The monoisotopic (exact) mass is 204 g/mol. The van der Waals surface area contributed by atoms with E-state index in [1.807, 2.05) is 10.5 Å². The van der Waals surface area contributed by atoms with E-state index >= 15 is 0 Å². The first kappa shape index (κ1) is 8.60. The highest BCUT2D eigenvalue weighted by Gasteiger charge is 2.13. The predicted molar refractivity (Wildman–Crippen MR) is 55.9 cm³/mol. The molecule has 2 aromatic heterocycles. The van der Waals surface area contributed by atoms with Crippen LogP contribution in [0.2, 0.25) is 0 Å². The molecule has 0 atom stereocenters. The van der Waals surface area contributed by atoms with Gasteiger partial charge in [-0.1, -0.05) is 0 Å². The Labute approximate surface area is 86.9 Å². The largest absolute Gasteiger partial charge is 0.355 e. The molecule has 15 heavy (non-hydrogen) atoms. The van der Waals surface area contributed by atoms with E-state index in [0.29, 0.717) is 5.78 Å². The number of hydrogen-bond donors (Lipinski definition) is 1. The SMILES string of the molecule is c1cc(N2CCNCC2)n2cnnc2n1. The summed E-state index contributed by atoms with van der Waals surface area (Å²) in [5.41, 5.74) is 0. The van der Waals surface area contributed by atoms with Gasteiger partial charge in [-0.3, -0.25) is 4.40 Å². The molecule has 0 spiro atoms. The van der Waals surface area contributed by atoms with Crippen molar-refractivity contribution in [3.8, 4) is 0 Å². The molecule has 1 aliphatic rings. The number of piperazine rings is 1. The maximum atomic E-state index is 4.14. The van der Waals surface area contributed by atoms with E-state index in [1.165, 1.54) is 0 Å². The zero-order valence-electron chi connectivity index (χ0n) is 8.30. The molecule has 0 bridgehead atoms. The van der Waals surface area contributed by atoms with E-state index in [2.05, 4.69) is 25.4 Å². The first-order valence-corrected chi connectivity index (χ1v) is 5.05. The van der Waals surface area contributed by atoms with Crippen molar-refractivity contribution >= 4 is 11.6 Å². The summed E-state index contributed by atoms with van der Waals surface area (Å²) in [5, 5.41) is 11.1. The lowest BCUT2D eigenvalue weighted by Gasteiger charge is -2.29. The molecule has 0 radical (unpaired) electrons. The molecule has 1 aliphatic heterocycles. The molecule has 78 valence electrons. The summed E-state index contributed by atoms with van der Waals surface area (Å²) in [4.78, 5) is 6.46. The molecule has 0 amide bonds. The normalized spacial score (nSPS) is 17.2. The minimum Gasteiger partial charge on any atom is -0.355 e. The molecule has 0 saturated carbocycles. The Morgan fingerprint density at radius 2 is 2.13 bits per heavy atom. The van der Waals surface area contributed by atoms with Gasteiger partial charge in [0.15, 0.2) is 0 Å². The van der Waals surface area contributed by atoms with E-state index in [9.17, 15) is 0 Å². The molecule has 1 fully saturated rings. The first-order chi connectivity index (χ1) is 7.45. The smallest absolute Gasteiger partial charge is 0.256 e. The summed E-state index contributed by atoms with van der Waals surface area (Å²) in [6.45, 7) is 4.06. The second kappa shape index (κ2) is 3.47. The van der Waals surface area contributed by atoms with Crippen molar-refractivity contribution < 1.29 is 0 Å². The molecule has 0 aliphatic carbocycles. The van der Waals surface area contributed by atoms with E-state index in [-0.39, 0.29) is 0 Å². The van der Waals surface area contributed by atoms with Gasteiger partial charge in [0.2, 0.25) is 0 Å². The molecule has 3 heterocycles. The fourth-order valence-corrected chi connectivity index (χ4v) is 1.88. The topological polar surface area (TPSA) is 58.4 Å². The highest BCUT2D eigenvalue weighted by Crippen LogP contribution is 2.14. The van der Waals surface area contributed by atoms with Crippen LogP contribution in [0.3, 0.4) is 0 Å². The summed E-state index contributed by atoms with van der Waals surface area (Å²) in [6, 6.07) is 2.00. The van der Waals surface area contributed by atoms with Crippen molar-refractivity contribution in [2.24, 2.45) is 0 Å². The number of hydrogen-bond acceptors (Lipinski definition) is 5. The van der Waals surface area contributed by atoms with E-state index in [4.69, 9.17) is 0 Å². The number of fused-ring (bicyclic) bond motifs is 1. The van der Waals surface area contributed by atoms with Gasteiger partial charge in [-0.05, 0) is 6.07 Å². The van der Waals surface area contributed by atoms with Crippen LogP contribution in [0.1, 0.15) is 0 Å².